The summed E-state index contributed by atoms with van der Waals surface area (Å²) in [6.45, 7) is 12.5. The molecule has 0 saturated carbocycles. The Hall–Kier alpha value is -1.34. The third-order valence-electron chi connectivity index (χ3n) is 5.11. The molecule has 0 aliphatic heterocycles. The topological polar surface area (TPSA) is 41.1 Å². The van der Waals surface area contributed by atoms with Crippen LogP contribution in [0.4, 0.5) is 4.39 Å². The molecule has 0 aliphatic carbocycles. The molecule has 0 radical (unpaired) electrons. The molecule has 0 spiro atoms. The van der Waals surface area contributed by atoms with Crippen LogP contribution < -0.4 is 10.0 Å². The molecule has 0 fully saturated rings. The number of rotatable bonds is 10. The van der Waals surface area contributed by atoms with Crippen molar-refractivity contribution in [3.8, 4) is 0 Å². The molecule has 0 saturated heterocycles. The third kappa shape index (κ3) is 6.84. The summed E-state index contributed by atoms with van der Waals surface area (Å²) in [5.74, 6) is -0.287. The van der Waals surface area contributed by atoms with Crippen molar-refractivity contribution < 1.29 is 8.60 Å². The lowest BCUT2D eigenvalue weighted by Crippen LogP contribution is -2.49. The molecule has 30 heavy (non-hydrogen) atoms. The van der Waals surface area contributed by atoms with Gasteiger partial charge in [0.2, 0.25) is 0 Å². The molecule has 0 aliphatic rings. The predicted octanol–water partition coefficient (Wildman–Crippen LogP) is 6.15. The monoisotopic (exact) mass is 494 g/mol. The number of halogens is 2. The van der Waals surface area contributed by atoms with Crippen LogP contribution in [0.1, 0.15) is 57.7 Å². The first-order chi connectivity index (χ1) is 14.1. The summed E-state index contributed by atoms with van der Waals surface area (Å²) in [5, 5.41) is 3.56. The van der Waals surface area contributed by atoms with Gasteiger partial charge >= 0.3 is 0 Å². The van der Waals surface area contributed by atoms with E-state index in [4.69, 9.17) is 0 Å². The van der Waals surface area contributed by atoms with Gasteiger partial charge in [0.25, 0.3) is 0 Å². The first-order valence-corrected chi connectivity index (χ1v) is 12.1. The third-order valence-corrected chi connectivity index (χ3v) is 7.32. The van der Waals surface area contributed by atoms with Crippen LogP contribution in [0.15, 0.2) is 65.7 Å². The molecular formula is C24H32BrFN2OS. The van der Waals surface area contributed by atoms with Crippen LogP contribution in [0.2, 0.25) is 0 Å². The van der Waals surface area contributed by atoms with Gasteiger partial charge in [-0.05, 0) is 82.5 Å². The van der Waals surface area contributed by atoms with Crippen molar-refractivity contribution in [2.24, 2.45) is 0 Å². The summed E-state index contributed by atoms with van der Waals surface area (Å²) >= 11 is 3.47. The molecule has 1 unspecified atom stereocenters. The van der Waals surface area contributed by atoms with Gasteiger partial charge in [0.15, 0.2) is 0 Å². The summed E-state index contributed by atoms with van der Waals surface area (Å²) < 4.78 is 30.6. The Kier molecular flexibility index (Phi) is 8.98. The van der Waals surface area contributed by atoms with E-state index in [-0.39, 0.29) is 11.9 Å². The summed E-state index contributed by atoms with van der Waals surface area (Å²) in [5.41, 5.74) is 1.49. The van der Waals surface area contributed by atoms with Gasteiger partial charge in [-0.3, -0.25) is 0 Å². The van der Waals surface area contributed by atoms with Crippen molar-refractivity contribution in [1.82, 2.24) is 10.0 Å². The van der Waals surface area contributed by atoms with Crippen LogP contribution in [0, 0.1) is 5.82 Å². The summed E-state index contributed by atoms with van der Waals surface area (Å²) in [6, 6.07) is 14.8. The predicted molar refractivity (Wildman–Crippen MR) is 129 cm³/mol. The summed E-state index contributed by atoms with van der Waals surface area (Å²) in [7, 11) is -1.29. The number of benzene rings is 2. The molecule has 0 heterocycles. The minimum absolute atomic E-state index is 0.167. The SMILES string of the molecule is C=CC[C@](CCN[C@@H](C)c1ccc(Br)cc1)(NS(=O)C(C)(C)C)c1ccc(F)cc1. The first-order valence-electron chi connectivity index (χ1n) is 10.1. The van der Waals surface area contributed by atoms with Crippen molar-refractivity contribution in [2.45, 2.75) is 56.9 Å². The highest BCUT2D eigenvalue weighted by molar-refractivity contribution is 9.10. The van der Waals surface area contributed by atoms with Crippen LogP contribution in [-0.2, 0) is 16.5 Å². The Morgan fingerprint density at radius 2 is 1.73 bits per heavy atom. The van der Waals surface area contributed by atoms with Crippen molar-refractivity contribution >= 4 is 26.9 Å². The highest BCUT2D eigenvalue weighted by atomic mass is 79.9. The highest BCUT2D eigenvalue weighted by Gasteiger charge is 2.35. The fourth-order valence-corrected chi connectivity index (χ4v) is 4.46. The Labute approximate surface area is 191 Å². The van der Waals surface area contributed by atoms with Crippen LogP contribution in [0.5, 0.6) is 0 Å². The molecule has 164 valence electrons. The van der Waals surface area contributed by atoms with Crippen molar-refractivity contribution in [3.05, 3.63) is 82.6 Å². The summed E-state index contributed by atoms with van der Waals surface area (Å²) in [4.78, 5) is 0. The average Bonchev–Trinajstić information content (AvgIpc) is 2.68. The van der Waals surface area contributed by atoms with E-state index in [0.717, 1.165) is 10.0 Å². The van der Waals surface area contributed by atoms with Crippen LogP contribution in [-0.4, -0.2) is 15.5 Å². The molecule has 2 aromatic rings. The zero-order valence-electron chi connectivity index (χ0n) is 18.2. The maximum Gasteiger partial charge on any atom is 0.123 e. The Balaban J connectivity index is 2.24. The molecule has 0 aromatic heterocycles. The quantitative estimate of drug-likeness (QED) is 0.388. The highest BCUT2D eigenvalue weighted by Crippen LogP contribution is 2.32. The van der Waals surface area contributed by atoms with E-state index in [1.165, 1.54) is 17.7 Å². The minimum atomic E-state index is -1.29. The van der Waals surface area contributed by atoms with Gasteiger partial charge in [0, 0.05) is 10.5 Å². The second-order valence-electron chi connectivity index (χ2n) is 8.54. The normalized spacial score (nSPS) is 15.9. The van der Waals surface area contributed by atoms with Crippen LogP contribution in [0.25, 0.3) is 0 Å². The largest absolute Gasteiger partial charge is 0.310 e. The van der Waals surface area contributed by atoms with Gasteiger partial charge in [-0.25, -0.2) is 13.3 Å². The first kappa shape index (κ1) is 24.9. The Morgan fingerprint density at radius 3 is 2.27 bits per heavy atom. The van der Waals surface area contributed by atoms with E-state index in [0.29, 0.717) is 19.4 Å². The zero-order valence-corrected chi connectivity index (χ0v) is 20.6. The minimum Gasteiger partial charge on any atom is -0.310 e. The zero-order chi connectivity index (χ0) is 22.4. The van der Waals surface area contributed by atoms with E-state index in [1.807, 2.05) is 39.0 Å². The standard InChI is InChI=1S/C24H32BrFN2OS/c1-6-15-24(28-30(29)23(3,4)5,20-9-13-22(26)14-10-20)16-17-27-18(2)19-7-11-21(25)12-8-19/h6-14,18,27-28H,1,15-17H2,2-5H3/t18-,24+,30?/m0/s1. The van der Waals surface area contributed by atoms with E-state index >= 15 is 0 Å². The van der Waals surface area contributed by atoms with Gasteiger partial charge in [-0.2, -0.15) is 0 Å². The molecule has 3 nitrogen and oxygen atoms in total. The molecule has 2 rings (SSSR count). The lowest BCUT2D eigenvalue weighted by atomic mass is 9.84. The molecule has 2 N–H and O–H groups in total. The summed E-state index contributed by atoms with van der Waals surface area (Å²) in [6.07, 6.45) is 3.08. The van der Waals surface area contributed by atoms with Gasteiger partial charge < -0.3 is 5.32 Å². The van der Waals surface area contributed by atoms with Gasteiger partial charge in [0.1, 0.15) is 5.82 Å². The fraction of sp³-hybridized carbons (Fsp3) is 0.417. The maximum atomic E-state index is 13.6. The second-order valence-corrected chi connectivity index (χ2v) is 11.4. The molecule has 0 bridgehead atoms. The lowest BCUT2D eigenvalue weighted by Gasteiger charge is -2.37. The van der Waals surface area contributed by atoms with E-state index in [1.54, 1.807) is 12.1 Å². The van der Waals surface area contributed by atoms with Crippen LogP contribution in [0.3, 0.4) is 0 Å². The Bertz CT molecular complexity index is 849. The maximum absolute atomic E-state index is 13.6. The van der Waals surface area contributed by atoms with E-state index in [9.17, 15) is 8.60 Å². The van der Waals surface area contributed by atoms with E-state index in [2.05, 4.69) is 51.6 Å². The van der Waals surface area contributed by atoms with Crippen molar-refractivity contribution in [3.63, 3.8) is 0 Å². The molecule has 2 aromatic carbocycles. The number of hydrogen-bond acceptors (Lipinski definition) is 2. The lowest BCUT2D eigenvalue weighted by molar-refractivity contribution is 0.355. The molecule has 0 amide bonds. The average molecular weight is 496 g/mol. The Morgan fingerprint density at radius 1 is 1.13 bits per heavy atom. The van der Waals surface area contributed by atoms with Gasteiger partial charge in [0.05, 0.1) is 21.3 Å². The van der Waals surface area contributed by atoms with Gasteiger partial charge in [-0.1, -0.05) is 46.3 Å². The molecular weight excluding hydrogens is 463 g/mol. The van der Waals surface area contributed by atoms with E-state index < -0.39 is 21.3 Å². The van der Waals surface area contributed by atoms with Crippen molar-refractivity contribution in [2.75, 3.05) is 6.54 Å². The fourth-order valence-electron chi connectivity index (χ4n) is 3.23. The smallest absolute Gasteiger partial charge is 0.123 e. The molecule has 6 heteroatoms. The van der Waals surface area contributed by atoms with Crippen molar-refractivity contribution in [1.29, 1.82) is 0 Å². The second kappa shape index (κ2) is 10.8. The van der Waals surface area contributed by atoms with Gasteiger partial charge in [-0.15, -0.1) is 6.58 Å². The molecule has 3 atom stereocenters. The van der Waals surface area contributed by atoms with Crippen LogP contribution >= 0.6 is 15.9 Å². The number of nitrogens with one attached hydrogen (secondary N) is 2. The number of hydrogen-bond donors (Lipinski definition) is 2.